The third-order valence-electron chi connectivity index (χ3n) is 4.61. The summed E-state index contributed by atoms with van der Waals surface area (Å²) in [6.45, 7) is -0.0818. The highest BCUT2D eigenvalue weighted by molar-refractivity contribution is 7.10. The number of hydrogen-bond donors (Lipinski definition) is 1. The van der Waals surface area contributed by atoms with E-state index in [9.17, 15) is 14.4 Å². The molecule has 2 heterocycles. The minimum Gasteiger partial charge on any atom is -0.347 e. The molecule has 0 radical (unpaired) electrons. The van der Waals surface area contributed by atoms with Crippen molar-refractivity contribution in [1.82, 2.24) is 14.5 Å². The van der Waals surface area contributed by atoms with Crippen molar-refractivity contribution in [3.63, 3.8) is 0 Å². The average Bonchev–Trinajstić information content (AvgIpc) is 3.26. The van der Waals surface area contributed by atoms with Crippen LogP contribution in [0.1, 0.15) is 36.6 Å². The number of amides is 1. The zero-order valence-electron chi connectivity index (χ0n) is 13.6. The lowest BCUT2D eigenvalue weighted by atomic mass is 9.96. The Hall–Kier alpha value is -2.15. The van der Waals surface area contributed by atoms with E-state index in [1.54, 1.807) is 11.3 Å². The van der Waals surface area contributed by atoms with Crippen molar-refractivity contribution in [2.24, 2.45) is 13.0 Å². The van der Waals surface area contributed by atoms with Crippen LogP contribution >= 0.6 is 11.3 Å². The summed E-state index contributed by atoms with van der Waals surface area (Å²) in [6.07, 6.45) is 6.00. The van der Waals surface area contributed by atoms with Gasteiger partial charge in [-0.25, -0.2) is 4.79 Å². The maximum atomic E-state index is 12.5. The van der Waals surface area contributed by atoms with E-state index in [2.05, 4.69) is 5.32 Å². The Labute approximate surface area is 143 Å². The molecule has 1 atom stereocenters. The van der Waals surface area contributed by atoms with Crippen molar-refractivity contribution in [3.05, 3.63) is 55.5 Å². The molecule has 1 amide bonds. The van der Waals surface area contributed by atoms with Crippen molar-refractivity contribution in [2.75, 3.05) is 0 Å². The number of carbonyl (C=O) groups is 1. The van der Waals surface area contributed by atoms with Gasteiger partial charge in [-0.15, -0.1) is 11.3 Å². The van der Waals surface area contributed by atoms with Crippen LogP contribution in [-0.2, 0) is 18.4 Å². The van der Waals surface area contributed by atoms with Gasteiger partial charge in [-0.2, -0.15) is 0 Å². The minimum atomic E-state index is -0.480. The van der Waals surface area contributed by atoms with Crippen LogP contribution in [0.5, 0.6) is 0 Å². The zero-order valence-corrected chi connectivity index (χ0v) is 14.4. The second-order valence-electron chi connectivity index (χ2n) is 6.23. The van der Waals surface area contributed by atoms with Gasteiger partial charge in [0.15, 0.2) is 0 Å². The molecule has 0 saturated heterocycles. The van der Waals surface area contributed by atoms with E-state index < -0.39 is 5.69 Å². The summed E-state index contributed by atoms with van der Waals surface area (Å²) in [5.74, 6) is 0.241. The topological polar surface area (TPSA) is 73.1 Å². The summed E-state index contributed by atoms with van der Waals surface area (Å²) in [6, 6.07) is 5.34. The Balaban J connectivity index is 1.75. The van der Waals surface area contributed by atoms with E-state index in [4.69, 9.17) is 0 Å². The SMILES string of the molecule is Cn1c(=O)ccn(CC(=O)N[C@H](c2cccs2)C2CCCC2)c1=O. The molecule has 0 bridgehead atoms. The summed E-state index contributed by atoms with van der Waals surface area (Å²) in [5, 5.41) is 5.11. The van der Waals surface area contributed by atoms with Crippen LogP contribution in [0, 0.1) is 5.92 Å². The number of rotatable bonds is 5. The maximum absolute atomic E-state index is 12.5. The van der Waals surface area contributed by atoms with E-state index in [0.717, 1.165) is 22.3 Å². The Bertz CT molecular complexity index is 816. The molecule has 1 fully saturated rings. The van der Waals surface area contributed by atoms with Gasteiger partial charge in [-0.1, -0.05) is 18.9 Å². The van der Waals surface area contributed by atoms with Gasteiger partial charge in [0.1, 0.15) is 6.54 Å². The molecule has 0 aromatic carbocycles. The van der Waals surface area contributed by atoms with Gasteiger partial charge < -0.3 is 5.32 Å². The van der Waals surface area contributed by atoms with E-state index >= 15 is 0 Å². The lowest BCUT2D eigenvalue weighted by Crippen LogP contribution is -2.41. The highest BCUT2D eigenvalue weighted by atomic mass is 32.1. The van der Waals surface area contributed by atoms with Crippen LogP contribution in [0.15, 0.2) is 39.4 Å². The van der Waals surface area contributed by atoms with E-state index in [1.165, 1.54) is 36.7 Å². The van der Waals surface area contributed by atoms with Crippen molar-refractivity contribution >= 4 is 17.2 Å². The molecule has 1 saturated carbocycles. The van der Waals surface area contributed by atoms with Crippen molar-refractivity contribution in [3.8, 4) is 0 Å². The molecule has 1 aliphatic carbocycles. The fourth-order valence-electron chi connectivity index (χ4n) is 3.29. The summed E-state index contributed by atoms with van der Waals surface area (Å²) in [4.78, 5) is 37.1. The lowest BCUT2D eigenvalue weighted by molar-refractivity contribution is -0.122. The molecule has 24 heavy (non-hydrogen) atoms. The van der Waals surface area contributed by atoms with Gasteiger partial charge in [0.05, 0.1) is 6.04 Å². The predicted molar refractivity (Wildman–Crippen MR) is 93.1 cm³/mol. The number of aromatic nitrogens is 2. The highest BCUT2D eigenvalue weighted by Crippen LogP contribution is 2.37. The smallest absolute Gasteiger partial charge is 0.331 e. The van der Waals surface area contributed by atoms with Gasteiger partial charge in [0.2, 0.25) is 5.91 Å². The second kappa shape index (κ2) is 7.17. The highest BCUT2D eigenvalue weighted by Gasteiger charge is 2.28. The number of thiophene rings is 1. The van der Waals surface area contributed by atoms with Crippen LogP contribution in [0.4, 0.5) is 0 Å². The normalized spacial score (nSPS) is 16.2. The van der Waals surface area contributed by atoms with E-state index in [-0.39, 0.29) is 24.1 Å². The molecule has 2 aromatic heterocycles. The van der Waals surface area contributed by atoms with E-state index in [0.29, 0.717) is 5.92 Å². The van der Waals surface area contributed by atoms with Crippen LogP contribution < -0.4 is 16.6 Å². The third kappa shape index (κ3) is 3.51. The molecular weight excluding hydrogens is 326 g/mol. The van der Waals surface area contributed by atoms with Gasteiger partial charge in [-0.05, 0) is 30.2 Å². The van der Waals surface area contributed by atoms with Gasteiger partial charge in [-0.3, -0.25) is 18.7 Å². The summed E-state index contributed by atoms with van der Waals surface area (Å²) in [7, 11) is 1.41. The number of nitrogens with zero attached hydrogens (tertiary/aromatic N) is 2. The molecule has 6 nitrogen and oxygen atoms in total. The first-order valence-corrected chi connectivity index (χ1v) is 9.03. The standard InChI is InChI=1S/C17H21N3O3S/c1-19-15(22)8-9-20(17(19)23)11-14(21)18-16(12-5-2-3-6-12)13-7-4-10-24-13/h4,7-10,12,16H,2-3,5-6,11H2,1H3,(H,18,21)/t16-/m0/s1. The Morgan fingerprint density at radius 3 is 2.75 bits per heavy atom. The fourth-order valence-corrected chi connectivity index (χ4v) is 4.16. The molecular formula is C17H21N3O3S. The molecule has 1 N–H and O–H groups in total. The Morgan fingerprint density at radius 1 is 1.33 bits per heavy atom. The monoisotopic (exact) mass is 347 g/mol. The van der Waals surface area contributed by atoms with Gasteiger partial charge in [0, 0.05) is 24.2 Å². The number of nitrogens with one attached hydrogen (secondary N) is 1. The first-order valence-electron chi connectivity index (χ1n) is 8.15. The number of carbonyl (C=O) groups excluding carboxylic acids is 1. The summed E-state index contributed by atoms with van der Waals surface area (Å²) >= 11 is 1.65. The second-order valence-corrected chi connectivity index (χ2v) is 7.21. The molecule has 1 aliphatic rings. The average molecular weight is 347 g/mol. The Kier molecular flexibility index (Phi) is 4.99. The van der Waals surface area contributed by atoms with Gasteiger partial charge in [0.25, 0.3) is 5.56 Å². The summed E-state index contributed by atoms with van der Waals surface area (Å²) in [5.41, 5.74) is -0.856. The molecule has 0 spiro atoms. The first kappa shape index (κ1) is 16.7. The Morgan fingerprint density at radius 2 is 2.08 bits per heavy atom. The first-order chi connectivity index (χ1) is 11.6. The van der Waals surface area contributed by atoms with Crippen molar-refractivity contribution in [2.45, 2.75) is 38.3 Å². The minimum absolute atomic E-state index is 0.00299. The van der Waals surface area contributed by atoms with Crippen LogP contribution in [-0.4, -0.2) is 15.0 Å². The van der Waals surface area contributed by atoms with Crippen LogP contribution in [0.2, 0.25) is 0 Å². The largest absolute Gasteiger partial charge is 0.347 e. The summed E-state index contributed by atoms with van der Waals surface area (Å²) < 4.78 is 2.26. The van der Waals surface area contributed by atoms with E-state index in [1.807, 2.05) is 17.5 Å². The molecule has 7 heteroatoms. The van der Waals surface area contributed by atoms with Crippen LogP contribution in [0.3, 0.4) is 0 Å². The third-order valence-corrected chi connectivity index (χ3v) is 5.57. The molecule has 3 rings (SSSR count). The molecule has 2 aromatic rings. The molecule has 128 valence electrons. The lowest BCUT2D eigenvalue weighted by Gasteiger charge is -2.24. The number of hydrogen-bond acceptors (Lipinski definition) is 4. The van der Waals surface area contributed by atoms with Gasteiger partial charge >= 0.3 is 5.69 Å². The van der Waals surface area contributed by atoms with Crippen LogP contribution in [0.25, 0.3) is 0 Å². The predicted octanol–water partition coefficient (Wildman–Crippen LogP) is 1.66. The molecule has 0 unspecified atom stereocenters. The van der Waals surface area contributed by atoms with Crippen molar-refractivity contribution < 1.29 is 4.79 Å². The maximum Gasteiger partial charge on any atom is 0.331 e. The zero-order chi connectivity index (χ0) is 17.1. The fraction of sp³-hybridized carbons (Fsp3) is 0.471. The van der Waals surface area contributed by atoms with Crippen molar-refractivity contribution in [1.29, 1.82) is 0 Å². The quantitative estimate of drug-likeness (QED) is 0.894. The molecule has 0 aliphatic heterocycles.